The summed E-state index contributed by atoms with van der Waals surface area (Å²) < 4.78 is 0. The second kappa shape index (κ2) is 9.42. The lowest BCUT2D eigenvalue weighted by atomic mass is 10.0. The lowest BCUT2D eigenvalue weighted by molar-refractivity contribution is 0.167. The van der Waals surface area contributed by atoms with Gasteiger partial charge in [-0.05, 0) is 24.2 Å². The van der Waals surface area contributed by atoms with E-state index in [1.807, 2.05) is 30.0 Å². The molecule has 0 aliphatic heterocycles. The van der Waals surface area contributed by atoms with Crippen molar-refractivity contribution in [3.63, 3.8) is 0 Å². The minimum atomic E-state index is -0.406. The fraction of sp³-hybridized carbons (Fsp3) is 0.600. The molecular formula is C15H25NOS. The molecule has 0 radical (unpaired) electrons. The molecule has 0 aromatic heterocycles. The summed E-state index contributed by atoms with van der Waals surface area (Å²) in [5, 5.41) is 9.99. The molecule has 1 aromatic rings. The molecule has 0 saturated heterocycles. The second-order valence-electron chi connectivity index (χ2n) is 4.70. The van der Waals surface area contributed by atoms with Gasteiger partial charge < -0.3 is 10.8 Å². The van der Waals surface area contributed by atoms with Gasteiger partial charge in [0.05, 0.1) is 6.10 Å². The number of hydrogen-bond donors (Lipinski definition) is 2. The number of unbranched alkanes of at least 4 members (excludes halogenated alkanes) is 2. The molecule has 0 aliphatic carbocycles. The van der Waals surface area contributed by atoms with Gasteiger partial charge >= 0.3 is 0 Å². The quantitative estimate of drug-likeness (QED) is 0.676. The highest BCUT2D eigenvalue weighted by molar-refractivity contribution is 7.99. The van der Waals surface area contributed by atoms with E-state index in [0.717, 1.165) is 17.9 Å². The Morgan fingerprint density at radius 2 is 1.94 bits per heavy atom. The fourth-order valence-electron chi connectivity index (χ4n) is 1.80. The van der Waals surface area contributed by atoms with Crippen LogP contribution in [-0.4, -0.2) is 28.8 Å². The summed E-state index contributed by atoms with van der Waals surface area (Å²) in [6.45, 7) is 2.20. The molecule has 0 fully saturated rings. The molecule has 2 nitrogen and oxygen atoms in total. The predicted octanol–water partition coefficient (Wildman–Crippen LogP) is 2.84. The molecule has 0 heterocycles. The maximum atomic E-state index is 9.99. The van der Waals surface area contributed by atoms with Gasteiger partial charge in [-0.25, -0.2) is 0 Å². The number of aliphatic hydroxyl groups excluding tert-OH is 1. The Morgan fingerprint density at radius 3 is 2.61 bits per heavy atom. The van der Waals surface area contributed by atoms with Crippen molar-refractivity contribution in [2.45, 2.75) is 44.8 Å². The summed E-state index contributed by atoms with van der Waals surface area (Å²) in [7, 11) is 0. The van der Waals surface area contributed by atoms with Crippen LogP contribution in [0.1, 0.15) is 31.7 Å². The van der Waals surface area contributed by atoms with Crippen molar-refractivity contribution in [2.24, 2.45) is 5.73 Å². The van der Waals surface area contributed by atoms with Crippen LogP contribution in [0.2, 0.25) is 0 Å². The number of hydrogen-bond acceptors (Lipinski definition) is 3. The number of rotatable bonds is 9. The molecule has 1 aromatic carbocycles. The van der Waals surface area contributed by atoms with E-state index >= 15 is 0 Å². The molecule has 0 aliphatic rings. The van der Waals surface area contributed by atoms with E-state index in [1.54, 1.807) is 0 Å². The third-order valence-electron chi connectivity index (χ3n) is 2.99. The minimum absolute atomic E-state index is 0.161. The largest absolute Gasteiger partial charge is 0.391 e. The first kappa shape index (κ1) is 15.5. The van der Waals surface area contributed by atoms with Crippen molar-refractivity contribution >= 4 is 11.8 Å². The van der Waals surface area contributed by atoms with Gasteiger partial charge in [0, 0.05) is 11.8 Å². The first-order chi connectivity index (χ1) is 8.74. The van der Waals surface area contributed by atoms with Gasteiger partial charge in [-0.3, -0.25) is 0 Å². The van der Waals surface area contributed by atoms with E-state index in [1.165, 1.54) is 24.8 Å². The van der Waals surface area contributed by atoms with E-state index in [4.69, 9.17) is 5.73 Å². The molecule has 2 unspecified atom stereocenters. The smallest absolute Gasteiger partial charge is 0.0784 e. The van der Waals surface area contributed by atoms with Gasteiger partial charge in [-0.1, -0.05) is 50.1 Å². The Balaban J connectivity index is 2.18. The van der Waals surface area contributed by atoms with E-state index in [2.05, 4.69) is 19.1 Å². The van der Waals surface area contributed by atoms with Crippen LogP contribution in [0.3, 0.4) is 0 Å². The maximum Gasteiger partial charge on any atom is 0.0784 e. The van der Waals surface area contributed by atoms with Crippen LogP contribution in [0.25, 0.3) is 0 Å². The van der Waals surface area contributed by atoms with Crippen LogP contribution in [0, 0.1) is 0 Å². The lowest BCUT2D eigenvalue weighted by Crippen LogP contribution is -2.38. The molecular weight excluding hydrogens is 242 g/mol. The molecule has 3 heteroatoms. The van der Waals surface area contributed by atoms with Gasteiger partial charge in [0.2, 0.25) is 0 Å². The third kappa shape index (κ3) is 6.43. The number of nitrogens with two attached hydrogens (primary N) is 1. The Labute approximate surface area is 115 Å². The zero-order valence-electron chi connectivity index (χ0n) is 11.2. The predicted molar refractivity (Wildman–Crippen MR) is 81.0 cm³/mol. The maximum absolute atomic E-state index is 9.99. The van der Waals surface area contributed by atoms with E-state index in [-0.39, 0.29) is 6.04 Å². The molecule has 102 valence electrons. The second-order valence-corrected chi connectivity index (χ2v) is 5.85. The Kier molecular flexibility index (Phi) is 8.14. The Hall–Kier alpha value is -0.510. The van der Waals surface area contributed by atoms with Gasteiger partial charge in [0.1, 0.15) is 0 Å². The summed E-state index contributed by atoms with van der Waals surface area (Å²) in [6, 6.07) is 9.96. The molecule has 0 saturated carbocycles. The number of benzene rings is 1. The third-order valence-corrected chi connectivity index (χ3v) is 4.14. The van der Waals surface area contributed by atoms with Crippen LogP contribution < -0.4 is 5.73 Å². The molecule has 3 N–H and O–H groups in total. The highest BCUT2D eigenvalue weighted by Gasteiger charge is 2.14. The van der Waals surface area contributed by atoms with Crippen molar-refractivity contribution in [1.82, 2.24) is 0 Å². The lowest BCUT2D eigenvalue weighted by Gasteiger charge is -2.18. The van der Waals surface area contributed by atoms with Crippen molar-refractivity contribution < 1.29 is 5.11 Å². The Bertz CT molecular complexity index is 305. The van der Waals surface area contributed by atoms with Crippen LogP contribution in [0.5, 0.6) is 0 Å². The zero-order valence-corrected chi connectivity index (χ0v) is 12.0. The highest BCUT2D eigenvalue weighted by atomic mass is 32.2. The first-order valence-electron chi connectivity index (χ1n) is 6.79. The van der Waals surface area contributed by atoms with Crippen molar-refractivity contribution in [1.29, 1.82) is 0 Å². The Morgan fingerprint density at radius 1 is 1.22 bits per heavy atom. The molecule has 2 atom stereocenters. The normalized spacial score (nSPS) is 14.4. The average molecular weight is 267 g/mol. The van der Waals surface area contributed by atoms with Crippen molar-refractivity contribution in [3.8, 4) is 0 Å². The molecule has 0 amide bonds. The molecule has 18 heavy (non-hydrogen) atoms. The van der Waals surface area contributed by atoms with Crippen LogP contribution in [0.15, 0.2) is 30.3 Å². The average Bonchev–Trinajstić information content (AvgIpc) is 2.39. The van der Waals surface area contributed by atoms with Crippen LogP contribution in [-0.2, 0) is 6.42 Å². The summed E-state index contributed by atoms with van der Waals surface area (Å²) >= 11 is 1.81. The van der Waals surface area contributed by atoms with E-state index in [9.17, 15) is 5.11 Å². The summed E-state index contributed by atoms with van der Waals surface area (Å²) in [5.41, 5.74) is 7.22. The fourth-order valence-corrected chi connectivity index (χ4v) is 2.87. The molecule has 1 rings (SSSR count). The first-order valence-corrected chi connectivity index (χ1v) is 7.94. The van der Waals surface area contributed by atoms with Crippen LogP contribution in [0.4, 0.5) is 0 Å². The minimum Gasteiger partial charge on any atom is -0.391 e. The molecule has 0 bridgehead atoms. The highest BCUT2D eigenvalue weighted by Crippen LogP contribution is 2.11. The van der Waals surface area contributed by atoms with E-state index < -0.39 is 6.10 Å². The topological polar surface area (TPSA) is 46.2 Å². The SMILES string of the molecule is CCCCCSCC(O)C(N)Cc1ccccc1. The standard InChI is InChI=1S/C15H25NOS/c1-2-3-7-10-18-12-15(17)14(16)11-13-8-5-4-6-9-13/h4-6,8-9,14-15,17H,2-3,7,10-12,16H2,1H3. The van der Waals surface area contributed by atoms with Gasteiger partial charge in [-0.15, -0.1) is 0 Å². The molecule has 0 spiro atoms. The van der Waals surface area contributed by atoms with Gasteiger partial charge in [0.15, 0.2) is 0 Å². The van der Waals surface area contributed by atoms with Crippen LogP contribution >= 0.6 is 11.8 Å². The summed E-state index contributed by atoms with van der Waals surface area (Å²) in [6.07, 6.45) is 4.10. The summed E-state index contributed by atoms with van der Waals surface area (Å²) in [4.78, 5) is 0. The summed E-state index contributed by atoms with van der Waals surface area (Å²) in [5.74, 6) is 1.88. The zero-order chi connectivity index (χ0) is 13.2. The number of thioether (sulfide) groups is 1. The van der Waals surface area contributed by atoms with E-state index in [0.29, 0.717) is 0 Å². The van der Waals surface area contributed by atoms with Crippen molar-refractivity contribution in [2.75, 3.05) is 11.5 Å². The monoisotopic (exact) mass is 267 g/mol. The van der Waals surface area contributed by atoms with Gasteiger partial charge in [0.25, 0.3) is 0 Å². The number of aliphatic hydroxyl groups is 1. The van der Waals surface area contributed by atoms with Crippen molar-refractivity contribution in [3.05, 3.63) is 35.9 Å². The van der Waals surface area contributed by atoms with Gasteiger partial charge in [-0.2, -0.15) is 11.8 Å².